The van der Waals surface area contributed by atoms with Crippen molar-refractivity contribution in [2.75, 3.05) is 17.7 Å². The molecule has 1 aliphatic rings. The van der Waals surface area contributed by atoms with E-state index >= 15 is 0 Å². The molecule has 1 unspecified atom stereocenters. The first-order valence-electron chi connectivity index (χ1n) is 6.60. The zero-order valence-corrected chi connectivity index (χ0v) is 11.6. The number of nitrogen functional groups attached to an aromatic ring is 1. The van der Waals surface area contributed by atoms with Gasteiger partial charge in [-0.1, -0.05) is 25.1 Å². The number of benzene rings is 1. The van der Waals surface area contributed by atoms with Crippen LogP contribution in [-0.4, -0.2) is 21.6 Å². The van der Waals surface area contributed by atoms with E-state index in [-0.39, 0.29) is 19.4 Å². The van der Waals surface area contributed by atoms with Crippen LogP contribution in [0.1, 0.15) is 36.8 Å². The van der Waals surface area contributed by atoms with E-state index in [0.29, 0.717) is 18.4 Å². The van der Waals surface area contributed by atoms with Crippen LogP contribution in [0.3, 0.4) is 0 Å². The van der Waals surface area contributed by atoms with Gasteiger partial charge >= 0.3 is 0 Å². The quantitative estimate of drug-likeness (QED) is 0.883. The van der Waals surface area contributed by atoms with Crippen molar-refractivity contribution < 1.29 is 4.74 Å². The average Bonchev–Trinajstić information content (AvgIpc) is 2.38. The van der Waals surface area contributed by atoms with Crippen LogP contribution in [0.25, 0.3) is 0 Å². The molecule has 0 saturated carbocycles. The van der Waals surface area contributed by atoms with Crippen LogP contribution >= 0.6 is 0 Å². The number of ether oxygens (including phenoxy) is 1. The largest absolute Gasteiger partial charge is 0.493 e. The van der Waals surface area contributed by atoms with Crippen LogP contribution in [0.15, 0.2) is 18.2 Å². The van der Waals surface area contributed by atoms with Gasteiger partial charge in [0.15, 0.2) is 0 Å². The van der Waals surface area contributed by atoms with E-state index in [0.717, 1.165) is 17.7 Å². The predicted molar refractivity (Wildman–Crippen MR) is 83.4 cm³/mol. The maximum absolute atomic E-state index is 5.68. The lowest BCUT2D eigenvalue weighted by atomic mass is 9.99. The molecule has 3 N–H and O–H groups in total. The Balaban J connectivity index is 0.00000161. The van der Waals surface area contributed by atoms with Crippen molar-refractivity contribution in [2.45, 2.75) is 33.7 Å². The Bertz CT molecular complexity index is 624. The molecule has 0 saturated heterocycles. The summed E-state index contributed by atoms with van der Waals surface area (Å²) in [6.07, 6.45) is 0.862. The summed E-state index contributed by atoms with van der Waals surface area (Å²) in [7, 11) is 0. The molecule has 1 aliphatic heterocycles. The Kier molecular flexibility index (Phi) is 4.26. The second-order valence-corrected chi connectivity index (χ2v) is 4.94. The van der Waals surface area contributed by atoms with Gasteiger partial charge in [0.25, 0.3) is 0 Å². The van der Waals surface area contributed by atoms with Crippen LogP contribution in [-0.2, 0) is 0 Å². The highest BCUT2D eigenvalue weighted by Crippen LogP contribution is 2.34. The third-order valence-corrected chi connectivity index (χ3v) is 3.27. The number of nitrogens with zero attached hydrogens (tertiary/aromatic N) is 3. The van der Waals surface area contributed by atoms with Crippen molar-refractivity contribution in [1.82, 2.24) is 15.0 Å². The van der Waals surface area contributed by atoms with Gasteiger partial charge in [0, 0.05) is 12.0 Å². The number of hydrogen-bond acceptors (Lipinski definition) is 6. The van der Waals surface area contributed by atoms with Crippen molar-refractivity contribution >= 4 is 11.9 Å². The molecular formula is C15H21N5O. The normalized spacial score (nSPS) is 16.4. The smallest absolute Gasteiger partial charge is 0.228 e. The van der Waals surface area contributed by atoms with Gasteiger partial charge in [-0.25, -0.2) is 0 Å². The van der Waals surface area contributed by atoms with Crippen molar-refractivity contribution in [2.24, 2.45) is 0 Å². The maximum Gasteiger partial charge on any atom is 0.228 e. The third kappa shape index (κ3) is 3.21. The van der Waals surface area contributed by atoms with Crippen LogP contribution in [0, 0.1) is 13.8 Å². The Hall–Kier alpha value is -2.37. The summed E-state index contributed by atoms with van der Waals surface area (Å²) in [6, 6.07) is 6.31. The SMILES string of the molecule is C.Cc1ccc2c(c1)C(Nc1nc(C)nc(N)n1)CCO2. The molecule has 21 heavy (non-hydrogen) atoms. The van der Waals surface area contributed by atoms with Crippen molar-refractivity contribution in [3.8, 4) is 5.75 Å². The van der Waals surface area contributed by atoms with E-state index < -0.39 is 0 Å². The number of fused-ring (bicyclic) bond motifs is 1. The number of aryl methyl sites for hydroxylation is 2. The molecule has 0 bridgehead atoms. The average molecular weight is 287 g/mol. The molecule has 1 aromatic carbocycles. The van der Waals surface area contributed by atoms with Crippen molar-refractivity contribution in [3.05, 3.63) is 35.2 Å². The maximum atomic E-state index is 5.68. The van der Waals surface area contributed by atoms with Crippen molar-refractivity contribution in [1.29, 1.82) is 0 Å². The summed E-state index contributed by atoms with van der Waals surface area (Å²) in [6.45, 7) is 4.54. The fourth-order valence-corrected chi connectivity index (χ4v) is 2.39. The minimum atomic E-state index is 0. The van der Waals surface area contributed by atoms with Crippen LogP contribution in [0.5, 0.6) is 5.75 Å². The molecule has 0 radical (unpaired) electrons. The second-order valence-electron chi connectivity index (χ2n) is 4.94. The van der Waals surface area contributed by atoms with Gasteiger partial charge < -0.3 is 15.8 Å². The first-order chi connectivity index (χ1) is 9.61. The molecule has 1 atom stereocenters. The second kappa shape index (κ2) is 5.95. The molecule has 2 heterocycles. The van der Waals surface area contributed by atoms with Gasteiger partial charge in [-0.2, -0.15) is 15.0 Å². The number of aromatic nitrogens is 3. The molecule has 0 spiro atoms. The van der Waals surface area contributed by atoms with Crippen LogP contribution < -0.4 is 15.8 Å². The summed E-state index contributed by atoms with van der Waals surface area (Å²) >= 11 is 0. The molecule has 0 fully saturated rings. The highest BCUT2D eigenvalue weighted by molar-refractivity contribution is 5.44. The van der Waals surface area contributed by atoms with Crippen LogP contribution in [0.2, 0.25) is 0 Å². The minimum absolute atomic E-state index is 0. The van der Waals surface area contributed by atoms with Gasteiger partial charge in [0.2, 0.25) is 11.9 Å². The number of anilines is 2. The Labute approximate surface area is 124 Å². The number of nitrogens with two attached hydrogens (primary N) is 1. The molecule has 3 rings (SSSR count). The first-order valence-corrected chi connectivity index (χ1v) is 6.60. The van der Waals surface area contributed by atoms with E-state index in [4.69, 9.17) is 10.5 Å². The predicted octanol–water partition coefficient (Wildman–Crippen LogP) is 2.64. The van der Waals surface area contributed by atoms with Gasteiger partial charge in [0.05, 0.1) is 12.6 Å². The molecule has 0 aliphatic carbocycles. The topological polar surface area (TPSA) is 86.0 Å². The Morgan fingerprint density at radius 1 is 1.24 bits per heavy atom. The lowest BCUT2D eigenvalue weighted by Crippen LogP contribution is -2.22. The fraction of sp³-hybridized carbons (Fsp3) is 0.400. The fourth-order valence-electron chi connectivity index (χ4n) is 2.39. The van der Waals surface area contributed by atoms with Crippen molar-refractivity contribution in [3.63, 3.8) is 0 Å². The number of nitrogens with one attached hydrogen (secondary N) is 1. The van der Waals surface area contributed by atoms with Gasteiger partial charge in [-0.3, -0.25) is 0 Å². The minimum Gasteiger partial charge on any atom is -0.493 e. The lowest BCUT2D eigenvalue weighted by Gasteiger charge is -2.27. The zero-order valence-electron chi connectivity index (χ0n) is 11.6. The first kappa shape index (κ1) is 15.0. The summed E-state index contributed by atoms with van der Waals surface area (Å²) < 4.78 is 5.68. The van der Waals surface area contributed by atoms with E-state index in [1.807, 2.05) is 12.1 Å². The standard InChI is InChI=1S/C14H17N5O.CH4/c1-8-3-4-12-10(7-8)11(5-6-20-12)18-14-17-9(2)16-13(15)19-14;/h3-4,7,11H,5-6H2,1-2H3,(H3,15,16,17,18,19);1H4. The van der Waals surface area contributed by atoms with Crippen LogP contribution in [0.4, 0.5) is 11.9 Å². The number of rotatable bonds is 2. The van der Waals surface area contributed by atoms with Gasteiger partial charge in [-0.05, 0) is 19.9 Å². The summed E-state index contributed by atoms with van der Waals surface area (Å²) in [5, 5.41) is 3.32. The van der Waals surface area contributed by atoms with E-state index in [1.165, 1.54) is 5.56 Å². The Morgan fingerprint density at radius 2 is 2.05 bits per heavy atom. The highest BCUT2D eigenvalue weighted by Gasteiger charge is 2.22. The zero-order chi connectivity index (χ0) is 14.1. The van der Waals surface area contributed by atoms with Gasteiger partial charge in [0.1, 0.15) is 11.6 Å². The lowest BCUT2D eigenvalue weighted by molar-refractivity contribution is 0.274. The molecule has 112 valence electrons. The molecule has 1 aromatic heterocycles. The summed E-state index contributed by atoms with van der Waals surface area (Å²) in [5.74, 6) is 2.26. The molecule has 6 heteroatoms. The molecule has 2 aromatic rings. The monoisotopic (exact) mass is 287 g/mol. The molecule has 6 nitrogen and oxygen atoms in total. The van der Waals surface area contributed by atoms with Gasteiger partial charge in [-0.15, -0.1) is 0 Å². The third-order valence-electron chi connectivity index (χ3n) is 3.27. The molecule has 0 amide bonds. The van der Waals surface area contributed by atoms with E-state index in [1.54, 1.807) is 6.92 Å². The summed E-state index contributed by atoms with van der Waals surface area (Å²) in [5.41, 5.74) is 7.99. The van der Waals surface area contributed by atoms with E-state index in [9.17, 15) is 0 Å². The summed E-state index contributed by atoms with van der Waals surface area (Å²) in [4.78, 5) is 12.4. The highest BCUT2D eigenvalue weighted by atomic mass is 16.5. The number of hydrogen-bond donors (Lipinski definition) is 2. The van der Waals surface area contributed by atoms with E-state index in [2.05, 4.69) is 33.3 Å². The molecular weight excluding hydrogens is 266 g/mol. The Morgan fingerprint density at radius 3 is 2.81 bits per heavy atom.